The molecular weight excluding hydrogens is 298 g/mol. The minimum Gasteiger partial charge on any atom is -0.366 e. The summed E-state index contributed by atoms with van der Waals surface area (Å²) >= 11 is 7.78. The normalized spacial score (nSPS) is 18.6. The van der Waals surface area contributed by atoms with Crippen molar-refractivity contribution in [3.63, 3.8) is 0 Å². The molecule has 1 atom stereocenters. The number of halogens is 1. The van der Waals surface area contributed by atoms with Crippen LogP contribution in [0.25, 0.3) is 0 Å². The molecule has 4 N–H and O–H groups in total. The van der Waals surface area contributed by atoms with Crippen LogP contribution < -0.4 is 16.4 Å². The van der Waals surface area contributed by atoms with Crippen molar-refractivity contribution in [2.75, 3.05) is 23.4 Å². The van der Waals surface area contributed by atoms with Gasteiger partial charge in [-0.2, -0.15) is 11.8 Å². The molecule has 0 saturated carbocycles. The van der Waals surface area contributed by atoms with Crippen molar-refractivity contribution in [1.29, 1.82) is 0 Å². The molecule has 1 aromatic rings. The largest absolute Gasteiger partial charge is 0.366 e. The van der Waals surface area contributed by atoms with E-state index in [-0.39, 0.29) is 22.5 Å². The second-order valence-corrected chi connectivity index (χ2v) is 6.09. The van der Waals surface area contributed by atoms with Crippen molar-refractivity contribution in [2.24, 2.45) is 5.73 Å². The van der Waals surface area contributed by atoms with E-state index in [0.29, 0.717) is 12.1 Å². The van der Waals surface area contributed by atoms with Crippen LogP contribution in [0.2, 0.25) is 5.02 Å². The van der Waals surface area contributed by atoms with Crippen LogP contribution in [0, 0.1) is 0 Å². The molecule has 0 spiro atoms. The summed E-state index contributed by atoms with van der Waals surface area (Å²) in [6.45, 7) is 0.932. The molecule has 2 rings (SSSR count). The molecule has 1 fully saturated rings. The fraction of sp³-hybridized carbons (Fsp3) is 0.385. The number of primary amides is 1. The smallest absolute Gasteiger partial charge is 0.250 e. The highest BCUT2D eigenvalue weighted by molar-refractivity contribution is 7.99. The van der Waals surface area contributed by atoms with Gasteiger partial charge in [0.15, 0.2) is 0 Å². The Hall–Kier alpha value is -1.24. The van der Waals surface area contributed by atoms with Gasteiger partial charge in [0, 0.05) is 36.2 Å². The molecule has 1 heterocycles. The average molecular weight is 314 g/mol. The Morgan fingerprint density at radius 3 is 2.90 bits per heavy atom. The minimum absolute atomic E-state index is 0.0760. The number of nitrogens with two attached hydrogens (primary N) is 1. The van der Waals surface area contributed by atoms with Gasteiger partial charge < -0.3 is 16.4 Å². The number of carbonyl (C=O) groups is 2. The summed E-state index contributed by atoms with van der Waals surface area (Å²) in [5.74, 6) is 1.36. The van der Waals surface area contributed by atoms with Gasteiger partial charge in [-0.1, -0.05) is 11.6 Å². The molecule has 0 aliphatic carbocycles. The fourth-order valence-electron chi connectivity index (χ4n) is 1.98. The Kier molecular flexibility index (Phi) is 5.28. The topological polar surface area (TPSA) is 84.2 Å². The molecule has 5 nitrogen and oxygen atoms in total. The van der Waals surface area contributed by atoms with E-state index < -0.39 is 5.91 Å². The van der Waals surface area contributed by atoms with Crippen LogP contribution >= 0.6 is 23.4 Å². The number of hydrogen-bond acceptors (Lipinski definition) is 4. The summed E-state index contributed by atoms with van der Waals surface area (Å²) in [5.41, 5.74) is 5.98. The number of thioether (sulfide) groups is 1. The van der Waals surface area contributed by atoms with Crippen molar-refractivity contribution in [3.8, 4) is 0 Å². The second kappa shape index (κ2) is 6.97. The maximum absolute atomic E-state index is 11.9. The lowest BCUT2D eigenvalue weighted by Crippen LogP contribution is -2.39. The van der Waals surface area contributed by atoms with E-state index in [0.717, 1.165) is 18.1 Å². The molecule has 0 aromatic heterocycles. The maximum atomic E-state index is 11.9. The van der Waals surface area contributed by atoms with Gasteiger partial charge in [-0.25, -0.2) is 0 Å². The quantitative estimate of drug-likeness (QED) is 0.786. The minimum atomic E-state index is -0.587. The van der Waals surface area contributed by atoms with Gasteiger partial charge in [-0.15, -0.1) is 0 Å². The Morgan fingerprint density at radius 2 is 2.30 bits per heavy atom. The number of carbonyl (C=O) groups excluding carboxylic acids is 2. The summed E-state index contributed by atoms with van der Waals surface area (Å²) in [4.78, 5) is 23.0. The van der Waals surface area contributed by atoms with Gasteiger partial charge in [0.25, 0.3) is 0 Å². The predicted octanol–water partition coefficient (Wildman–Crippen LogP) is 1.47. The SMILES string of the molecule is NC(=O)c1ccc(NC(=O)CC2CSCCN2)cc1Cl. The van der Waals surface area contributed by atoms with E-state index in [2.05, 4.69) is 10.6 Å². The molecule has 1 aliphatic rings. The lowest BCUT2D eigenvalue weighted by Gasteiger charge is -2.22. The van der Waals surface area contributed by atoms with Crippen LogP contribution in [-0.4, -0.2) is 35.9 Å². The summed E-state index contributed by atoms with van der Waals surface area (Å²) in [6, 6.07) is 4.86. The van der Waals surface area contributed by atoms with Gasteiger partial charge in [0.2, 0.25) is 11.8 Å². The van der Waals surface area contributed by atoms with Crippen molar-refractivity contribution in [2.45, 2.75) is 12.5 Å². The Labute approximate surface area is 126 Å². The van der Waals surface area contributed by atoms with Crippen LogP contribution in [-0.2, 0) is 4.79 Å². The van der Waals surface area contributed by atoms with E-state index in [1.54, 1.807) is 6.07 Å². The van der Waals surface area contributed by atoms with E-state index in [9.17, 15) is 9.59 Å². The maximum Gasteiger partial charge on any atom is 0.250 e. The second-order valence-electron chi connectivity index (χ2n) is 4.54. The standard InChI is InChI=1S/C13H16ClN3O2S/c14-11-5-8(1-2-10(11)13(15)19)17-12(18)6-9-7-20-4-3-16-9/h1-2,5,9,16H,3-4,6-7H2,(H2,15,19)(H,17,18). The molecule has 1 aromatic carbocycles. The van der Waals surface area contributed by atoms with Crippen molar-refractivity contribution < 1.29 is 9.59 Å². The zero-order valence-electron chi connectivity index (χ0n) is 10.8. The highest BCUT2D eigenvalue weighted by atomic mass is 35.5. The van der Waals surface area contributed by atoms with Crippen molar-refractivity contribution in [3.05, 3.63) is 28.8 Å². The van der Waals surface area contributed by atoms with Gasteiger partial charge in [0.1, 0.15) is 0 Å². The summed E-state index contributed by atoms with van der Waals surface area (Å²) < 4.78 is 0. The molecule has 1 aliphatic heterocycles. The lowest BCUT2D eigenvalue weighted by atomic mass is 10.2. The molecule has 0 bridgehead atoms. The van der Waals surface area contributed by atoms with E-state index in [4.69, 9.17) is 17.3 Å². The molecule has 108 valence electrons. The zero-order chi connectivity index (χ0) is 14.5. The van der Waals surface area contributed by atoms with E-state index >= 15 is 0 Å². The van der Waals surface area contributed by atoms with Crippen molar-refractivity contribution >= 4 is 40.9 Å². The Bertz CT molecular complexity index is 518. The number of anilines is 1. The first-order valence-electron chi connectivity index (χ1n) is 6.26. The monoisotopic (exact) mass is 313 g/mol. The molecule has 1 saturated heterocycles. The summed E-state index contributed by atoms with van der Waals surface area (Å²) in [6.07, 6.45) is 0.419. The molecule has 7 heteroatoms. The van der Waals surface area contributed by atoms with Crippen molar-refractivity contribution in [1.82, 2.24) is 5.32 Å². The zero-order valence-corrected chi connectivity index (χ0v) is 12.4. The third kappa shape index (κ3) is 4.13. The van der Waals surface area contributed by atoms with E-state index in [1.165, 1.54) is 12.1 Å². The van der Waals surface area contributed by atoms with Crippen LogP contribution in [0.5, 0.6) is 0 Å². The summed E-state index contributed by atoms with van der Waals surface area (Å²) in [7, 11) is 0. The number of rotatable bonds is 4. The fourth-order valence-corrected chi connectivity index (χ4v) is 3.20. The van der Waals surface area contributed by atoms with Crippen LogP contribution in [0.15, 0.2) is 18.2 Å². The van der Waals surface area contributed by atoms with Gasteiger partial charge in [-0.05, 0) is 18.2 Å². The van der Waals surface area contributed by atoms with Gasteiger partial charge in [-0.3, -0.25) is 9.59 Å². The molecule has 1 unspecified atom stereocenters. The first kappa shape index (κ1) is 15.2. The van der Waals surface area contributed by atoms with Crippen LogP contribution in [0.1, 0.15) is 16.8 Å². The summed E-state index contributed by atoms with van der Waals surface area (Å²) in [5, 5.41) is 6.31. The molecule has 2 amide bonds. The van der Waals surface area contributed by atoms with Gasteiger partial charge in [0.05, 0.1) is 10.6 Å². The van der Waals surface area contributed by atoms with Crippen LogP contribution in [0.4, 0.5) is 5.69 Å². The number of hydrogen-bond donors (Lipinski definition) is 3. The number of benzene rings is 1. The number of nitrogens with one attached hydrogen (secondary N) is 2. The first-order chi connectivity index (χ1) is 9.56. The van der Waals surface area contributed by atoms with Gasteiger partial charge >= 0.3 is 0 Å². The predicted molar refractivity (Wildman–Crippen MR) is 82.3 cm³/mol. The average Bonchev–Trinajstić information content (AvgIpc) is 2.39. The Morgan fingerprint density at radius 1 is 1.50 bits per heavy atom. The molecule has 0 radical (unpaired) electrons. The Balaban J connectivity index is 1.93. The third-order valence-corrected chi connectivity index (χ3v) is 4.39. The highest BCUT2D eigenvalue weighted by Crippen LogP contribution is 2.21. The third-order valence-electron chi connectivity index (χ3n) is 2.95. The first-order valence-corrected chi connectivity index (χ1v) is 7.80. The number of amides is 2. The molecular formula is C13H16ClN3O2S. The molecule has 20 heavy (non-hydrogen) atoms. The lowest BCUT2D eigenvalue weighted by molar-refractivity contribution is -0.116. The van der Waals surface area contributed by atoms with Crippen LogP contribution in [0.3, 0.4) is 0 Å². The highest BCUT2D eigenvalue weighted by Gasteiger charge is 2.17. The van der Waals surface area contributed by atoms with E-state index in [1.807, 2.05) is 11.8 Å².